The summed E-state index contributed by atoms with van der Waals surface area (Å²) < 4.78 is 16.5. The Kier molecular flexibility index (Phi) is 5.56. The van der Waals surface area contributed by atoms with E-state index in [0.29, 0.717) is 34.9 Å². The summed E-state index contributed by atoms with van der Waals surface area (Å²) in [7, 11) is 0. The molecule has 0 radical (unpaired) electrons. The second kappa shape index (κ2) is 8.60. The smallest absolute Gasteiger partial charge is 0.265 e. The van der Waals surface area contributed by atoms with Gasteiger partial charge in [0.25, 0.3) is 11.6 Å². The molecule has 0 atom stereocenters. The molecule has 2 heterocycles. The number of anilines is 1. The Morgan fingerprint density at radius 1 is 1.03 bits per heavy atom. The summed E-state index contributed by atoms with van der Waals surface area (Å²) in [5, 5.41) is 7.43. The van der Waals surface area contributed by atoms with E-state index in [1.165, 1.54) is 0 Å². The highest BCUT2D eigenvalue weighted by molar-refractivity contribution is 5.95. The largest absolute Gasteiger partial charge is 0.494 e. The van der Waals surface area contributed by atoms with Crippen LogP contribution in [-0.4, -0.2) is 34.2 Å². The van der Waals surface area contributed by atoms with E-state index in [-0.39, 0.29) is 18.4 Å². The highest BCUT2D eigenvalue weighted by Crippen LogP contribution is 2.32. The van der Waals surface area contributed by atoms with Gasteiger partial charge in [-0.1, -0.05) is 35.5 Å². The predicted molar refractivity (Wildman–Crippen MR) is 112 cm³/mol. The van der Waals surface area contributed by atoms with E-state index in [9.17, 15) is 4.79 Å². The van der Waals surface area contributed by atoms with Crippen LogP contribution in [0.2, 0.25) is 0 Å². The molecule has 4 rings (SSSR count). The normalized spacial score (nSPS) is 10.7. The molecule has 0 saturated carbocycles. The van der Waals surface area contributed by atoms with Crippen molar-refractivity contribution in [3.63, 3.8) is 0 Å². The number of carbonyl (C=O) groups excluding carboxylic acids is 1. The number of hydrogen-bond acceptors (Lipinski definition) is 7. The maximum Gasteiger partial charge on any atom is 0.265 e. The molecule has 0 saturated heterocycles. The first-order valence-electron chi connectivity index (χ1n) is 9.49. The van der Waals surface area contributed by atoms with Crippen LogP contribution in [0.25, 0.3) is 22.4 Å². The number of carbonyl (C=O) groups is 1. The molecule has 8 heteroatoms. The number of nitrogens with zero attached hydrogens (tertiary/aromatic N) is 3. The average molecular weight is 404 g/mol. The number of hydrogen-bond donors (Lipinski definition) is 1. The second-order valence-electron chi connectivity index (χ2n) is 6.45. The van der Waals surface area contributed by atoms with Crippen LogP contribution >= 0.6 is 0 Å². The summed E-state index contributed by atoms with van der Waals surface area (Å²) in [6, 6.07) is 16.6. The molecule has 0 bridgehead atoms. The summed E-state index contributed by atoms with van der Waals surface area (Å²) >= 11 is 0. The molecule has 0 fully saturated rings. The third-order valence-electron chi connectivity index (χ3n) is 4.25. The van der Waals surface area contributed by atoms with Gasteiger partial charge in [0.15, 0.2) is 6.61 Å². The summed E-state index contributed by atoms with van der Waals surface area (Å²) in [5.41, 5.74) is 2.36. The number of aromatic nitrogens is 3. The lowest BCUT2D eigenvalue weighted by atomic mass is 10.1. The minimum atomic E-state index is -0.318. The SMILES string of the molecule is CCOc1ccc(NC(=O)COc2nc(C)nc3onc(-c4ccccc4)c23)cc1. The Morgan fingerprint density at radius 2 is 1.80 bits per heavy atom. The fourth-order valence-corrected chi connectivity index (χ4v) is 2.95. The van der Waals surface area contributed by atoms with E-state index in [2.05, 4.69) is 20.4 Å². The van der Waals surface area contributed by atoms with Crippen LogP contribution in [0.1, 0.15) is 12.7 Å². The number of ether oxygens (including phenoxy) is 2. The van der Waals surface area contributed by atoms with Crippen LogP contribution in [0.4, 0.5) is 5.69 Å². The topological polar surface area (TPSA) is 99.4 Å². The van der Waals surface area contributed by atoms with Crippen molar-refractivity contribution in [1.82, 2.24) is 15.1 Å². The zero-order valence-corrected chi connectivity index (χ0v) is 16.6. The molecule has 0 aliphatic carbocycles. The van der Waals surface area contributed by atoms with Gasteiger partial charge in [-0.15, -0.1) is 0 Å². The van der Waals surface area contributed by atoms with Crippen molar-refractivity contribution in [1.29, 1.82) is 0 Å². The van der Waals surface area contributed by atoms with Gasteiger partial charge in [0.05, 0.1) is 6.61 Å². The van der Waals surface area contributed by atoms with E-state index in [0.717, 1.165) is 11.3 Å². The number of aryl methyl sites for hydroxylation is 1. The van der Waals surface area contributed by atoms with Crippen LogP contribution in [0.15, 0.2) is 59.1 Å². The maximum atomic E-state index is 12.4. The molecule has 4 aromatic rings. The molecule has 8 nitrogen and oxygen atoms in total. The number of amides is 1. The molecule has 1 amide bonds. The summed E-state index contributed by atoms with van der Waals surface area (Å²) in [6.45, 7) is 3.99. The molecule has 1 N–H and O–H groups in total. The van der Waals surface area contributed by atoms with Crippen LogP contribution < -0.4 is 14.8 Å². The summed E-state index contributed by atoms with van der Waals surface area (Å²) in [5.74, 6) is 1.13. The van der Waals surface area contributed by atoms with Gasteiger partial charge in [-0.2, -0.15) is 9.97 Å². The van der Waals surface area contributed by atoms with Crippen LogP contribution in [0.3, 0.4) is 0 Å². The lowest BCUT2D eigenvalue weighted by Crippen LogP contribution is -2.20. The van der Waals surface area contributed by atoms with Gasteiger partial charge in [0.1, 0.15) is 22.7 Å². The second-order valence-corrected chi connectivity index (χ2v) is 6.45. The number of rotatable bonds is 7. The molecular weight excluding hydrogens is 384 g/mol. The molecule has 152 valence electrons. The molecule has 0 spiro atoms. The van der Waals surface area contributed by atoms with Crippen molar-refractivity contribution in [3.05, 3.63) is 60.4 Å². The van der Waals surface area contributed by atoms with Crippen molar-refractivity contribution >= 4 is 22.7 Å². The van der Waals surface area contributed by atoms with E-state index in [4.69, 9.17) is 14.0 Å². The van der Waals surface area contributed by atoms with E-state index >= 15 is 0 Å². The fourth-order valence-electron chi connectivity index (χ4n) is 2.95. The highest BCUT2D eigenvalue weighted by atomic mass is 16.5. The van der Waals surface area contributed by atoms with Crippen molar-refractivity contribution in [2.45, 2.75) is 13.8 Å². The minimum absolute atomic E-state index is 0.224. The molecule has 0 aliphatic heterocycles. The summed E-state index contributed by atoms with van der Waals surface area (Å²) in [4.78, 5) is 21.0. The molecular formula is C22H20N4O4. The minimum Gasteiger partial charge on any atom is -0.494 e. The molecule has 0 unspecified atom stereocenters. The van der Waals surface area contributed by atoms with Gasteiger partial charge >= 0.3 is 0 Å². The van der Waals surface area contributed by atoms with Gasteiger partial charge in [-0.3, -0.25) is 4.79 Å². The Morgan fingerprint density at radius 3 is 2.53 bits per heavy atom. The first-order valence-corrected chi connectivity index (χ1v) is 9.49. The third kappa shape index (κ3) is 4.22. The van der Waals surface area contributed by atoms with Gasteiger partial charge in [0, 0.05) is 11.3 Å². The Bertz CT molecular complexity index is 1160. The summed E-state index contributed by atoms with van der Waals surface area (Å²) in [6.07, 6.45) is 0. The zero-order valence-electron chi connectivity index (χ0n) is 16.6. The first-order chi connectivity index (χ1) is 14.6. The van der Waals surface area contributed by atoms with Gasteiger partial charge in [-0.25, -0.2) is 0 Å². The van der Waals surface area contributed by atoms with Crippen molar-refractivity contribution in [3.8, 4) is 22.9 Å². The Hall–Kier alpha value is -3.94. The quantitative estimate of drug-likeness (QED) is 0.497. The zero-order chi connectivity index (χ0) is 20.9. The van der Waals surface area contributed by atoms with Crippen LogP contribution in [0.5, 0.6) is 11.6 Å². The van der Waals surface area contributed by atoms with Gasteiger partial charge in [0.2, 0.25) is 5.88 Å². The highest BCUT2D eigenvalue weighted by Gasteiger charge is 2.19. The Labute approximate surface area is 172 Å². The van der Waals surface area contributed by atoms with Crippen molar-refractivity contribution < 1.29 is 18.8 Å². The molecule has 2 aromatic heterocycles. The molecule has 2 aromatic carbocycles. The van der Waals surface area contributed by atoms with Gasteiger partial charge in [-0.05, 0) is 38.1 Å². The number of benzene rings is 2. The van der Waals surface area contributed by atoms with Crippen molar-refractivity contribution in [2.24, 2.45) is 0 Å². The third-order valence-corrected chi connectivity index (χ3v) is 4.25. The first kappa shape index (κ1) is 19.4. The van der Waals surface area contributed by atoms with Crippen molar-refractivity contribution in [2.75, 3.05) is 18.5 Å². The van der Waals surface area contributed by atoms with Gasteiger partial charge < -0.3 is 19.3 Å². The van der Waals surface area contributed by atoms with E-state index < -0.39 is 0 Å². The van der Waals surface area contributed by atoms with E-state index in [1.54, 1.807) is 31.2 Å². The predicted octanol–water partition coefficient (Wildman–Crippen LogP) is 4.01. The van der Waals surface area contributed by atoms with E-state index in [1.807, 2.05) is 37.3 Å². The lowest BCUT2D eigenvalue weighted by Gasteiger charge is -2.09. The molecule has 30 heavy (non-hydrogen) atoms. The lowest BCUT2D eigenvalue weighted by molar-refractivity contribution is -0.118. The number of nitrogens with one attached hydrogen (secondary N) is 1. The monoisotopic (exact) mass is 404 g/mol. The Balaban J connectivity index is 1.52. The standard InChI is InChI=1S/C22H20N4O4/c1-3-28-17-11-9-16(10-12-17)25-18(27)13-29-21-19-20(15-7-5-4-6-8-15)26-30-22(19)24-14(2)23-21/h4-12H,3,13H2,1-2H3,(H,25,27). The van der Waals surface area contributed by atoms with Crippen LogP contribution in [-0.2, 0) is 4.79 Å². The number of fused-ring (bicyclic) bond motifs is 1. The maximum absolute atomic E-state index is 12.4. The average Bonchev–Trinajstić information content (AvgIpc) is 3.18. The fraction of sp³-hybridized carbons (Fsp3) is 0.182. The van der Waals surface area contributed by atoms with Crippen LogP contribution in [0, 0.1) is 6.92 Å². The molecule has 0 aliphatic rings.